The second-order valence-corrected chi connectivity index (χ2v) is 5.44. The van der Waals surface area contributed by atoms with Gasteiger partial charge in [-0.1, -0.05) is 12.1 Å². The van der Waals surface area contributed by atoms with Crippen molar-refractivity contribution in [2.45, 2.75) is 25.7 Å². The average Bonchev–Trinajstić information content (AvgIpc) is 2.97. The Labute approximate surface area is 135 Å². The molecule has 0 saturated heterocycles. The minimum Gasteiger partial charge on any atom is -0.469 e. The van der Waals surface area contributed by atoms with Crippen molar-refractivity contribution in [3.05, 3.63) is 47.8 Å². The maximum absolute atomic E-state index is 12.0. The Balaban J connectivity index is 1.94. The summed E-state index contributed by atoms with van der Waals surface area (Å²) in [4.78, 5) is 23.6. The number of carbonyl (C=O) groups excluding carboxylic acids is 2. The summed E-state index contributed by atoms with van der Waals surface area (Å²) in [6.07, 6.45) is 4.66. The van der Waals surface area contributed by atoms with Crippen molar-refractivity contribution >= 4 is 17.6 Å². The highest BCUT2D eigenvalue weighted by molar-refractivity contribution is 5.91. The summed E-state index contributed by atoms with van der Waals surface area (Å²) in [5.41, 5.74) is 2.51. The van der Waals surface area contributed by atoms with E-state index in [9.17, 15) is 9.59 Å². The van der Waals surface area contributed by atoms with Gasteiger partial charge in [0.25, 0.3) is 0 Å². The minimum absolute atomic E-state index is 0.0725. The molecule has 1 N–H and O–H groups in total. The molecule has 0 aliphatic heterocycles. The van der Waals surface area contributed by atoms with Crippen molar-refractivity contribution in [3.63, 3.8) is 0 Å². The van der Waals surface area contributed by atoms with Gasteiger partial charge >= 0.3 is 5.97 Å². The highest BCUT2D eigenvalue weighted by Gasteiger charge is 2.16. The van der Waals surface area contributed by atoms with Crippen LogP contribution in [0.1, 0.15) is 30.4 Å². The van der Waals surface area contributed by atoms with Crippen molar-refractivity contribution in [1.29, 1.82) is 0 Å². The number of hydrogen-bond acceptors (Lipinski definition) is 4. The molecule has 1 atom stereocenters. The lowest BCUT2D eigenvalue weighted by Gasteiger charge is -2.11. The van der Waals surface area contributed by atoms with E-state index in [0.29, 0.717) is 18.5 Å². The Morgan fingerprint density at radius 2 is 2.17 bits per heavy atom. The summed E-state index contributed by atoms with van der Waals surface area (Å²) < 4.78 is 6.46. The number of ether oxygens (including phenoxy) is 1. The molecular weight excluding hydrogens is 294 g/mol. The molecule has 0 saturated carbocycles. The van der Waals surface area contributed by atoms with Crippen molar-refractivity contribution < 1.29 is 14.3 Å². The van der Waals surface area contributed by atoms with E-state index in [2.05, 4.69) is 10.4 Å². The maximum Gasteiger partial charge on any atom is 0.312 e. The molecule has 2 aromatic rings. The lowest BCUT2D eigenvalue weighted by Crippen LogP contribution is -2.14. The molecule has 0 fully saturated rings. The first kappa shape index (κ1) is 16.7. The van der Waals surface area contributed by atoms with Gasteiger partial charge in [-0.2, -0.15) is 5.10 Å². The smallest absolute Gasteiger partial charge is 0.312 e. The number of aromatic nitrogens is 2. The molecule has 6 heteroatoms. The first-order valence-electron chi connectivity index (χ1n) is 7.44. The van der Waals surface area contributed by atoms with E-state index >= 15 is 0 Å². The fourth-order valence-corrected chi connectivity index (χ4v) is 2.28. The zero-order valence-corrected chi connectivity index (χ0v) is 13.6. The van der Waals surface area contributed by atoms with Crippen LogP contribution in [-0.2, 0) is 27.8 Å². The lowest BCUT2D eigenvalue weighted by molar-refractivity contribution is -0.142. The summed E-state index contributed by atoms with van der Waals surface area (Å²) >= 11 is 0. The van der Waals surface area contributed by atoms with Crippen molar-refractivity contribution in [3.8, 4) is 0 Å². The number of rotatable bonds is 6. The van der Waals surface area contributed by atoms with Gasteiger partial charge in [0, 0.05) is 25.4 Å². The van der Waals surface area contributed by atoms with Gasteiger partial charge in [-0.05, 0) is 36.6 Å². The Hall–Kier alpha value is -2.63. The predicted molar refractivity (Wildman–Crippen MR) is 87.0 cm³/mol. The molecule has 23 heavy (non-hydrogen) atoms. The Kier molecular flexibility index (Phi) is 5.51. The van der Waals surface area contributed by atoms with E-state index in [1.807, 2.05) is 25.4 Å². The van der Waals surface area contributed by atoms with Crippen LogP contribution in [0.2, 0.25) is 0 Å². The highest BCUT2D eigenvalue weighted by atomic mass is 16.5. The maximum atomic E-state index is 12.0. The number of carbonyl (C=O) groups is 2. The quantitative estimate of drug-likeness (QED) is 0.830. The molecule has 2 rings (SSSR count). The van der Waals surface area contributed by atoms with Crippen molar-refractivity contribution in [1.82, 2.24) is 9.78 Å². The van der Waals surface area contributed by atoms with E-state index in [1.54, 1.807) is 29.9 Å². The number of hydrogen-bond donors (Lipinski definition) is 1. The second-order valence-electron chi connectivity index (χ2n) is 5.44. The zero-order chi connectivity index (χ0) is 16.8. The van der Waals surface area contributed by atoms with Gasteiger partial charge in [0.1, 0.15) is 0 Å². The van der Waals surface area contributed by atoms with Gasteiger partial charge in [0.15, 0.2) is 0 Å². The van der Waals surface area contributed by atoms with Crippen LogP contribution >= 0.6 is 0 Å². The Bertz CT molecular complexity index is 694. The number of anilines is 1. The molecule has 0 bridgehead atoms. The van der Waals surface area contributed by atoms with Gasteiger partial charge in [-0.15, -0.1) is 0 Å². The molecule has 1 amide bonds. The molecule has 6 nitrogen and oxygen atoms in total. The molecule has 0 aliphatic carbocycles. The van der Waals surface area contributed by atoms with Crippen LogP contribution in [-0.4, -0.2) is 28.8 Å². The topological polar surface area (TPSA) is 73.2 Å². The summed E-state index contributed by atoms with van der Waals surface area (Å²) in [5, 5.41) is 6.93. The largest absolute Gasteiger partial charge is 0.469 e. The number of amides is 1. The van der Waals surface area contributed by atoms with Crippen LogP contribution in [0.15, 0.2) is 36.7 Å². The fourth-order valence-electron chi connectivity index (χ4n) is 2.28. The third kappa shape index (κ3) is 4.67. The first-order valence-corrected chi connectivity index (χ1v) is 7.44. The third-order valence-corrected chi connectivity index (χ3v) is 3.62. The van der Waals surface area contributed by atoms with E-state index < -0.39 is 0 Å². The van der Waals surface area contributed by atoms with Crippen LogP contribution in [0.3, 0.4) is 0 Å². The van der Waals surface area contributed by atoms with Gasteiger partial charge in [-0.25, -0.2) is 0 Å². The van der Waals surface area contributed by atoms with E-state index in [0.717, 1.165) is 11.1 Å². The first-order chi connectivity index (χ1) is 11.0. The molecule has 0 radical (unpaired) electrons. The highest BCUT2D eigenvalue weighted by Crippen LogP contribution is 2.20. The van der Waals surface area contributed by atoms with Crippen LogP contribution in [0.5, 0.6) is 0 Å². The van der Waals surface area contributed by atoms with Gasteiger partial charge < -0.3 is 10.1 Å². The average molecular weight is 315 g/mol. The second kappa shape index (κ2) is 7.58. The van der Waals surface area contributed by atoms with Gasteiger partial charge in [-0.3, -0.25) is 14.3 Å². The van der Waals surface area contributed by atoms with Gasteiger partial charge in [0.05, 0.1) is 19.2 Å². The predicted octanol–water partition coefficient (Wildman–Crippen LogP) is 2.27. The molecule has 1 aromatic carbocycles. The SMILES string of the molecule is COC(=O)[C@H](C)c1cccc(NC(=O)CCc2cnn(C)c2)c1. The Morgan fingerprint density at radius 3 is 2.83 bits per heavy atom. The molecule has 0 spiro atoms. The number of benzene rings is 1. The van der Waals surface area contributed by atoms with Gasteiger partial charge in [0.2, 0.25) is 5.91 Å². The molecule has 0 unspecified atom stereocenters. The zero-order valence-electron chi connectivity index (χ0n) is 13.6. The summed E-state index contributed by atoms with van der Waals surface area (Å²) in [5.74, 6) is -0.742. The van der Waals surface area contributed by atoms with E-state index in [-0.39, 0.29) is 17.8 Å². The molecule has 0 aliphatic rings. The van der Waals surface area contributed by atoms with Crippen molar-refractivity contribution in [2.24, 2.45) is 7.05 Å². The molecular formula is C17H21N3O3. The minimum atomic E-state index is -0.368. The summed E-state index contributed by atoms with van der Waals surface area (Å²) in [6, 6.07) is 7.25. The van der Waals surface area contributed by atoms with Crippen LogP contribution in [0.25, 0.3) is 0 Å². The number of esters is 1. The number of nitrogens with zero attached hydrogens (tertiary/aromatic N) is 2. The normalized spacial score (nSPS) is 11.8. The molecule has 1 heterocycles. The number of nitrogens with one attached hydrogen (secondary N) is 1. The fraction of sp³-hybridized carbons (Fsp3) is 0.353. The van der Waals surface area contributed by atoms with Crippen LogP contribution < -0.4 is 5.32 Å². The third-order valence-electron chi connectivity index (χ3n) is 3.62. The lowest BCUT2D eigenvalue weighted by atomic mass is 10.0. The van der Waals surface area contributed by atoms with E-state index in [4.69, 9.17) is 4.74 Å². The van der Waals surface area contributed by atoms with E-state index in [1.165, 1.54) is 7.11 Å². The number of aryl methyl sites for hydroxylation is 2. The Morgan fingerprint density at radius 1 is 1.39 bits per heavy atom. The summed E-state index contributed by atoms with van der Waals surface area (Å²) in [7, 11) is 3.21. The summed E-state index contributed by atoms with van der Waals surface area (Å²) in [6.45, 7) is 1.77. The standard InChI is InChI=1S/C17H21N3O3/c1-12(17(22)23-3)14-5-4-6-15(9-14)19-16(21)8-7-13-10-18-20(2)11-13/h4-6,9-12H,7-8H2,1-3H3,(H,19,21)/t12-/m1/s1. The van der Waals surface area contributed by atoms with Crippen LogP contribution in [0.4, 0.5) is 5.69 Å². The molecule has 122 valence electrons. The van der Waals surface area contributed by atoms with Crippen molar-refractivity contribution in [2.75, 3.05) is 12.4 Å². The monoisotopic (exact) mass is 315 g/mol. The molecule has 1 aromatic heterocycles. The number of methoxy groups -OCH3 is 1. The van der Waals surface area contributed by atoms with Crippen LogP contribution in [0, 0.1) is 0 Å².